The van der Waals surface area contributed by atoms with Crippen LogP contribution in [0.15, 0.2) is 66.7 Å². The lowest BCUT2D eigenvalue weighted by Crippen LogP contribution is -1.80. The average Bonchev–Trinajstić information content (AvgIpc) is 3.11. The molecule has 0 aliphatic carbocycles. The van der Waals surface area contributed by atoms with Gasteiger partial charge in [0, 0.05) is 5.56 Å². The van der Waals surface area contributed by atoms with Crippen LogP contribution in [0, 0.1) is 5.82 Å². The highest BCUT2D eigenvalue weighted by atomic mass is 32.1. The molecule has 0 bridgehead atoms. The van der Waals surface area contributed by atoms with Crippen LogP contribution in [0.1, 0.15) is 11.1 Å². The van der Waals surface area contributed by atoms with E-state index in [-0.39, 0.29) is 5.82 Å². The Morgan fingerprint density at radius 2 is 1.54 bits per heavy atom. The smallest absolute Gasteiger partial charge is 0.124 e. The first-order chi connectivity index (χ1) is 12.7. The molecule has 4 aromatic rings. The Labute approximate surface area is 155 Å². The highest BCUT2D eigenvalue weighted by molar-refractivity contribution is 7.21. The van der Waals surface area contributed by atoms with Crippen LogP contribution in [0.4, 0.5) is 4.39 Å². The molecule has 0 atom stereocenters. The Hall–Kier alpha value is -2.98. The lowest BCUT2D eigenvalue weighted by atomic mass is 10.1. The minimum absolute atomic E-state index is 0.222. The molecule has 4 rings (SSSR count). The predicted molar refractivity (Wildman–Crippen MR) is 107 cm³/mol. The molecule has 4 heteroatoms. The van der Waals surface area contributed by atoms with Gasteiger partial charge in [0.25, 0.3) is 0 Å². The molecule has 3 aromatic carbocycles. The Morgan fingerprint density at radius 3 is 2.19 bits per heavy atom. The average molecular weight is 361 g/mol. The molecular formula is C22H16FNOS. The molecule has 0 unspecified atom stereocenters. The minimum atomic E-state index is -0.222. The van der Waals surface area contributed by atoms with Gasteiger partial charge in [-0.3, -0.25) is 0 Å². The Kier molecular flexibility index (Phi) is 4.50. The van der Waals surface area contributed by atoms with Crippen molar-refractivity contribution in [3.05, 3.63) is 83.7 Å². The number of hydrogen-bond acceptors (Lipinski definition) is 3. The summed E-state index contributed by atoms with van der Waals surface area (Å²) in [5, 5.41) is 0.988. The van der Waals surface area contributed by atoms with Gasteiger partial charge in [-0.2, -0.15) is 0 Å². The third kappa shape index (κ3) is 3.51. The molecule has 0 saturated carbocycles. The number of methoxy groups -OCH3 is 1. The van der Waals surface area contributed by atoms with Crippen LogP contribution in [0.25, 0.3) is 32.9 Å². The summed E-state index contributed by atoms with van der Waals surface area (Å²) in [6.45, 7) is 0. The second-order valence-electron chi connectivity index (χ2n) is 5.86. The lowest BCUT2D eigenvalue weighted by Gasteiger charge is -1.98. The second kappa shape index (κ2) is 7.10. The number of nitrogens with zero attached hydrogens (tertiary/aromatic N) is 1. The molecule has 0 saturated heterocycles. The molecule has 0 radical (unpaired) electrons. The zero-order valence-corrected chi connectivity index (χ0v) is 15.0. The predicted octanol–water partition coefficient (Wildman–Crippen LogP) is 6.28. The SMILES string of the molecule is COc1ccc2nc(-c3ccc(/C=C/c4ccc(F)cc4)cc3)sc2c1. The fraction of sp³-hybridized carbons (Fsp3) is 0.0455. The van der Waals surface area contributed by atoms with Gasteiger partial charge in [0.15, 0.2) is 0 Å². The third-order valence-corrected chi connectivity index (χ3v) is 5.16. The van der Waals surface area contributed by atoms with Crippen molar-refractivity contribution in [2.75, 3.05) is 7.11 Å². The van der Waals surface area contributed by atoms with Gasteiger partial charge in [0.1, 0.15) is 16.6 Å². The van der Waals surface area contributed by atoms with Crippen LogP contribution < -0.4 is 4.74 Å². The maximum atomic E-state index is 12.9. The molecule has 0 fully saturated rings. The Balaban J connectivity index is 1.56. The van der Waals surface area contributed by atoms with Crippen molar-refractivity contribution in [1.82, 2.24) is 4.98 Å². The second-order valence-corrected chi connectivity index (χ2v) is 6.89. The number of thiazole rings is 1. The van der Waals surface area contributed by atoms with Gasteiger partial charge in [-0.25, -0.2) is 9.37 Å². The summed E-state index contributed by atoms with van der Waals surface area (Å²) in [6.07, 6.45) is 3.98. The zero-order chi connectivity index (χ0) is 17.9. The van der Waals surface area contributed by atoms with E-state index >= 15 is 0 Å². The molecule has 0 spiro atoms. The van der Waals surface area contributed by atoms with Crippen LogP contribution in [0.5, 0.6) is 5.75 Å². The first kappa shape index (κ1) is 16.5. The third-order valence-electron chi connectivity index (χ3n) is 4.09. The lowest BCUT2D eigenvalue weighted by molar-refractivity contribution is 0.415. The number of fused-ring (bicyclic) bond motifs is 1. The molecule has 0 amide bonds. The highest BCUT2D eigenvalue weighted by Crippen LogP contribution is 2.32. The summed E-state index contributed by atoms with van der Waals surface area (Å²) < 4.78 is 19.3. The van der Waals surface area contributed by atoms with Gasteiger partial charge < -0.3 is 4.74 Å². The standard InChI is InChI=1S/C22H16FNOS/c1-25-19-12-13-20-21(14-19)26-22(24-20)17-8-4-15(5-9-17)2-3-16-6-10-18(23)11-7-16/h2-14H,1H3/b3-2+. The van der Waals surface area contributed by atoms with E-state index < -0.39 is 0 Å². The number of rotatable bonds is 4. The van der Waals surface area contributed by atoms with Gasteiger partial charge in [-0.05, 0) is 41.5 Å². The van der Waals surface area contributed by atoms with E-state index in [1.165, 1.54) is 12.1 Å². The fourth-order valence-electron chi connectivity index (χ4n) is 2.66. The Morgan fingerprint density at radius 1 is 0.885 bits per heavy atom. The zero-order valence-electron chi connectivity index (χ0n) is 14.1. The van der Waals surface area contributed by atoms with Crippen LogP contribution in [-0.2, 0) is 0 Å². The van der Waals surface area contributed by atoms with Crippen molar-refractivity contribution < 1.29 is 9.13 Å². The first-order valence-electron chi connectivity index (χ1n) is 8.20. The van der Waals surface area contributed by atoms with Crippen molar-refractivity contribution in [3.63, 3.8) is 0 Å². The molecule has 1 heterocycles. The van der Waals surface area contributed by atoms with Crippen molar-refractivity contribution >= 4 is 33.7 Å². The Bertz CT molecular complexity index is 1070. The number of hydrogen-bond donors (Lipinski definition) is 0. The van der Waals surface area contributed by atoms with Gasteiger partial charge in [0.05, 0.1) is 17.3 Å². The quantitative estimate of drug-likeness (QED) is 0.399. The van der Waals surface area contributed by atoms with Crippen molar-refractivity contribution in [3.8, 4) is 16.3 Å². The number of ether oxygens (including phenoxy) is 1. The van der Waals surface area contributed by atoms with Gasteiger partial charge in [-0.1, -0.05) is 48.6 Å². The number of aromatic nitrogens is 1. The summed E-state index contributed by atoms with van der Waals surface area (Å²) in [5.74, 6) is 0.619. The molecule has 128 valence electrons. The topological polar surface area (TPSA) is 22.1 Å². The molecule has 0 aliphatic rings. The number of halogens is 1. The van der Waals surface area contributed by atoms with E-state index in [4.69, 9.17) is 9.72 Å². The summed E-state index contributed by atoms with van der Waals surface area (Å²) in [4.78, 5) is 4.70. The maximum absolute atomic E-state index is 12.9. The van der Waals surface area contributed by atoms with E-state index in [0.29, 0.717) is 0 Å². The first-order valence-corrected chi connectivity index (χ1v) is 9.01. The van der Waals surface area contributed by atoms with E-state index in [9.17, 15) is 4.39 Å². The molecular weight excluding hydrogens is 345 g/mol. The van der Waals surface area contributed by atoms with Crippen molar-refractivity contribution in [1.29, 1.82) is 0 Å². The van der Waals surface area contributed by atoms with E-state index in [1.54, 1.807) is 30.6 Å². The molecule has 1 aromatic heterocycles. The minimum Gasteiger partial charge on any atom is -0.497 e. The molecule has 0 aliphatic heterocycles. The van der Waals surface area contributed by atoms with Gasteiger partial charge >= 0.3 is 0 Å². The van der Waals surface area contributed by atoms with E-state index in [1.807, 2.05) is 30.4 Å². The summed E-state index contributed by atoms with van der Waals surface area (Å²) >= 11 is 1.65. The van der Waals surface area contributed by atoms with Crippen LogP contribution >= 0.6 is 11.3 Å². The maximum Gasteiger partial charge on any atom is 0.124 e. The normalized spacial score (nSPS) is 11.3. The van der Waals surface area contributed by atoms with Gasteiger partial charge in [0.2, 0.25) is 0 Å². The fourth-order valence-corrected chi connectivity index (χ4v) is 3.66. The van der Waals surface area contributed by atoms with E-state index in [2.05, 4.69) is 24.3 Å². The van der Waals surface area contributed by atoms with Crippen molar-refractivity contribution in [2.24, 2.45) is 0 Å². The van der Waals surface area contributed by atoms with E-state index in [0.717, 1.165) is 37.7 Å². The van der Waals surface area contributed by atoms with Crippen LogP contribution in [0.3, 0.4) is 0 Å². The molecule has 26 heavy (non-hydrogen) atoms. The molecule has 0 N–H and O–H groups in total. The highest BCUT2D eigenvalue weighted by Gasteiger charge is 2.07. The van der Waals surface area contributed by atoms with Crippen molar-refractivity contribution in [2.45, 2.75) is 0 Å². The summed E-state index contributed by atoms with van der Waals surface area (Å²) in [7, 11) is 1.67. The molecule has 2 nitrogen and oxygen atoms in total. The largest absolute Gasteiger partial charge is 0.497 e. The van der Waals surface area contributed by atoms with Crippen LogP contribution in [-0.4, -0.2) is 12.1 Å². The summed E-state index contributed by atoms with van der Waals surface area (Å²) in [5.41, 5.74) is 4.12. The van der Waals surface area contributed by atoms with Gasteiger partial charge in [-0.15, -0.1) is 11.3 Å². The summed E-state index contributed by atoms with van der Waals surface area (Å²) in [6, 6.07) is 20.6. The van der Waals surface area contributed by atoms with Crippen LogP contribution in [0.2, 0.25) is 0 Å². The monoisotopic (exact) mass is 361 g/mol. The number of benzene rings is 3.